The van der Waals surface area contributed by atoms with Gasteiger partial charge in [0.1, 0.15) is 11.5 Å². The van der Waals surface area contributed by atoms with E-state index in [1.807, 2.05) is 42.5 Å². The van der Waals surface area contributed by atoms with E-state index in [4.69, 9.17) is 9.47 Å². The summed E-state index contributed by atoms with van der Waals surface area (Å²) in [6.07, 6.45) is 1.17. The zero-order valence-electron chi connectivity index (χ0n) is 16.1. The van der Waals surface area contributed by atoms with Crippen molar-refractivity contribution in [3.05, 3.63) is 83.9 Å². The van der Waals surface area contributed by atoms with E-state index in [-0.39, 0.29) is 0 Å². The van der Waals surface area contributed by atoms with Crippen LogP contribution >= 0.6 is 0 Å². The Balaban J connectivity index is 1.84. The standard InChI is InChI=1S/C25H22O3/c1-3-17-14-20-15-19-10-8-9-13-22(19)24(23(20)16-18(17)4-2)28-25(26)27-21-11-6-5-7-12-21/h5-16H,3-4H2,1-2H3. The summed E-state index contributed by atoms with van der Waals surface area (Å²) in [6, 6.07) is 23.4. The Bertz CT molecular complexity index is 1150. The maximum absolute atomic E-state index is 12.5. The van der Waals surface area contributed by atoms with Crippen LogP contribution in [0.25, 0.3) is 21.5 Å². The number of carbonyl (C=O) groups is 1. The quantitative estimate of drug-likeness (QED) is 0.228. The van der Waals surface area contributed by atoms with Gasteiger partial charge in [-0.15, -0.1) is 0 Å². The van der Waals surface area contributed by atoms with Gasteiger partial charge in [0.05, 0.1) is 0 Å². The fraction of sp³-hybridized carbons (Fsp3) is 0.160. The first-order chi connectivity index (χ1) is 13.7. The Morgan fingerprint density at radius 3 is 2.14 bits per heavy atom. The summed E-state index contributed by atoms with van der Waals surface area (Å²) in [5.74, 6) is 1.01. The maximum atomic E-state index is 12.5. The van der Waals surface area contributed by atoms with Gasteiger partial charge in [-0.25, -0.2) is 4.79 Å². The molecule has 4 rings (SSSR count). The summed E-state index contributed by atoms with van der Waals surface area (Å²) < 4.78 is 11.1. The van der Waals surface area contributed by atoms with Crippen molar-refractivity contribution in [1.29, 1.82) is 0 Å². The molecule has 0 atom stereocenters. The Kier molecular flexibility index (Phi) is 4.98. The van der Waals surface area contributed by atoms with Crippen molar-refractivity contribution in [2.24, 2.45) is 0 Å². The van der Waals surface area contributed by atoms with Gasteiger partial charge in [-0.3, -0.25) is 0 Å². The Morgan fingerprint density at radius 1 is 0.714 bits per heavy atom. The van der Waals surface area contributed by atoms with Gasteiger partial charge in [0.15, 0.2) is 0 Å². The lowest BCUT2D eigenvalue weighted by atomic mass is 9.95. The van der Waals surface area contributed by atoms with Crippen LogP contribution in [0.2, 0.25) is 0 Å². The molecule has 0 aliphatic carbocycles. The lowest BCUT2D eigenvalue weighted by molar-refractivity contribution is 0.153. The number of fused-ring (bicyclic) bond motifs is 2. The number of carbonyl (C=O) groups excluding carboxylic acids is 1. The second kappa shape index (κ2) is 7.73. The second-order valence-electron chi connectivity index (χ2n) is 6.74. The van der Waals surface area contributed by atoms with Gasteiger partial charge in [-0.05, 0) is 59.0 Å². The number of para-hydroxylation sites is 1. The highest BCUT2D eigenvalue weighted by atomic mass is 16.7. The zero-order chi connectivity index (χ0) is 19.5. The van der Waals surface area contributed by atoms with E-state index in [2.05, 4.69) is 32.0 Å². The van der Waals surface area contributed by atoms with Gasteiger partial charge in [-0.2, -0.15) is 0 Å². The predicted octanol–water partition coefficient (Wildman–Crippen LogP) is 6.70. The van der Waals surface area contributed by atoms with Crippen molar-refractivity contribution in [2.45, 2.75) is 26.7 Å². The number of rotatable bonds is 4. The van der Waals surface area contributed by atoms with Crippen LogP contribution in [0, 0.1) is 0 Å². The van der Waals surface area contributed by atoms with E-state index >= 15 is 0 Å². The zero-order valence-corrected chi connectivity index (χ0v) is 16.1. The molecule has 0 fully saturated rings. The molecule has 0 aliphatic rings. The molecule has 3 nitrogen and oxygen atoms in total. The Morgan fingerprint density at radius 2 is 1.39 bits per heavy atom. The van der Waals surface area contributed by atoms with Crippen LogP contribution in [0.4, 0.5) is 4.79 Å². The summed E-state index contributed by atoms with van der Waals surface area (Å²) in [7, 11) is 0. The molecule has 4 aromatic rings. The number of ether oxygens (including phenoxy) is 2. The molecular formula is C25H22O3. The number of hydrogen-bond acceptors (Lipinski definition) is 3. The van der Waals surface area contributed by atoms with Crippen molar-refractivity contribution >= 4 is 27.7 Å². The first-order valence-electron chi connectivity index (χ1n) is 9.61. The van der Waals surface area contributed by atoms with Crippen LogP contribution in [-0.4, -0.2) is 6.16 Å². The largest absolute Gasteiger partial charge is 0.519 e. The maximum Gasteiger partial charge on any atom is 0.519 e. The molecule has 0 saturated carbocycles. The van der Waals surface area contributed by atoms with Crippen molar-refractivity contribution < 1.29 is 14.3 Å². The first kappa shape index (κ1) is 18.1. The molecule has 0 saturated heterocycles. The summed E-state index contributed by atoms with van der Waals surface area (Å²) in [5, 5.41) is 3.92. The van der Waals surface area contributed by atoms with Crippen LogP contribution in [0.15, 0.2) is 72.8 Å². The third kappa shape index (κ3) is 3.44. The molecule has 0 bridgehead atoms. The Labute approximate surface area is 164 Å². The second-order valence-corrected chi connectivity index (χ2v) is 6.74. The van der Waals surface area contributed by atoms with Crippen LogP contribution in [-0.2, 0) is 12.8 Å². The fourth-order valence-electron chi connectivity index (χ4n) is 3.62. The van der Waals surface area contributed by atoms with E-state index in [0.717, 1.165) is 34.4 Å². The van der Waals surface area contributed by atoms with Gasteiger partial charge in [0.2, 0.25) is 0 Å². The molecule has 0 spiro atoms. The van der Waals surface area contributed by atoms with Crippen molar-refractivity contribution in [3.8, 4) is 11.5 Å². The molecule has 0 radical (unpaired) electrons. The SMILES string of the molecule is CCc1cc2cc3ccccc3c(OC(=O)Oc3ccccc3)c2cc1CC. The monoisotopic (exact) mass is 370 g/mol. The minimum Gasteiger partial charge on any atom is -0.395 e. The van der Waals surface area contributed by atoms with Gasteiger partial charge < -0.3 is 9.47 Å². The number of hydrogen-bond donors (Lipinski definition) is 0. The van der Waals surface area contributed by atoms with Crippen molar-refractivity contribution in [1.82, 2.24) is 0 Å². The van der Waals surface area contributed by atoms with E-state index in [1.54, 1.807) is 12.1 Å². The molecule has 28 heavy (non-hydrogen) atoms. The smallest absolute Gasteiger partial charge is 0.395 e. The van der Waals surface area contributed by atoms with E-state index in [1.165, 1.54) is 11.1 Å². The van der Waals surface area contributed by atoms with Crippen LogP contribution in [0.1, 0.15) is 25.0 Å². The van der Waals surface area contributed by atoms with Gasteiger partial charge in [-0.1, -0.05) is 62.4 Å². The topological polar surface area (TPSA) is 35.5 Å². The molecular weight excluding hydrogens is 348 g/mol. The predicted molar refractivity (Wildman–Crippen MR) is 113 cm³/mol. The number of aryl methyl sites for hydroxylation is 2. The Hall–Kier alpha value is -3.33. The number of benzene rings is 4. The average Bonchev–Trinajstić information content (AvgIpc) is 2.73. The normalized spacial score (nSPS) is 10.9. The van der Waals surface area contributed by atoms with Crippen molar-refractivity contribution in [3.63, 3.8) is 0 Å². The van der Waals surface area contributed by atoms with E-state index < -0.39 is 6.16 Å². The minimum atomic E-state index is -0.735. The molecule has 0 unspecified atom stereocenters. The molecule has 0 N–H and O–H groups in total. The molecule has 4 aromatic carbocycles. The van der Waals surface area contributed by atoms with Crippen LogP contribution < -0.4 is 9.47 Å². The van der Waals surface area contributed by atoms with Gasteiger partial charge in [0.25, 0.3) is 0 Å². The molecule has 140 valence electrons. The lowest BCUT2D eigenvalue weighted by Crippen LogP contribution is -2.14. The van der Waals surface area contributed by atoms with Crippen LogP contribution in [0.5, 0.6) is 11.5 Å². The average molecular weight is 370 g/mol. The lowest BCUT2D eigenvalue weighted by Gasteiger charge is -2.15. The fourth-order valence-corrected chi connectivity index (χ4v) is 3.62. The van der Waals surface area contributed by atoms with Gasteiger partial charge >= 0.3 is 6.16 Å². The molecule has 0 aromatic heterocycles. The highest BCUT2D eigenvalue weighted by Gasteiger charge is 2.16. The first-order valence-corrected chi connectivity index (χ1v) is 9.61. The van der Waals surface area contributed by atoms with E-state index in [9.17, 15) is 4.79 Å². The highest BCUT2D eigenvalue weighted by molar-refractivity contribution is 6.06. The van der Waals surface area contributed by atoms with E-state index in [0.29, 0.717) is 11.5 Å². The van der Waals surface area contributed by atoms with Gasteiger partial charge in [0, 0.05) is 10.8 Å². The summed E-state index contributed by atoms with van der Waals surface area (Å²) in [5.41, 5.74) is 2.59. The molecule has 0 amide bonds. The van der Waals surface area contributed by atoms with Crippen molar-refractivity contribution in [2.75, 3.05) is 0 Å². The third-order valence-electron chi connectivity index (χ3n) is 5.02. The minimum absolute atomic E-state index is 0.458. The summed E-state index contributed by atoms with van der Waals surface area (Å²) in [6.45, 7) is 4.31. The van der Waals surface area contributed by atoms with Crippen LogP contribution in [0.3, 0.4) is 0 Å². The summed E-state index contributed by atoms with van der Waals surface area (Å²) >= 11 is 0. The molecule has 3 heteroatoms. The molecule has 0 aliphatic heterocycles. The molecule has 0 heterocycles. The third-order valence-corrected chi connectivity index (χ3v) is 5.02. The highest BCUT2D eigenvalue weighted by Crippen LogP contribution is 2.37. The summed E-state index contributed by atoms with van der Waals surface area (Å²) in [4.78, 5) is 12.5.